The molecule has 0 unspecified atom stereocenters. The van der Waals surface area contributed by atoms with E-state index in [1.165, 1.54) is 0 Å². The van der Waals surface area contributed by atoms with E-state index in [9.17, 15) is 4.79 Å². The number of rotatable bonds is 0. The lowest BCUT2D eigenvalue weighted by Crippen LogP contribution is -2.32. The first-order valence-electron chi connectivity index (χ1n) is 3.97. The van der Waals surface area contributed by atoms with E-state index in [-0.39, 0.29) is 11.8 Å². The van der Waals surface area contributed by atoms with Gasteiger partial charge in [-0.15, -0.1) is 0 Å². The standard InChI is InChI=1S/C10H9NO/c1-7-6-8-4-2-3-5-9(8)11-10(7)12/h2-7H,1H3/t7-/m1/s1. The van der Waals surface area contributed by atoms with E-state index in [0.29, 0.717) is 0 Å². The highest BCUT2D eigenvalue weighted by molar-refractivity contribution is 5.85. The van der Waals surface area contributed by atoms with Gasteiger partial charge in [-0.3, -0.25) is 4.79 Å². The van der Waals surface area contributed by atoms with Crippen molar-refractivity contribution in [1.29, 1.82) is 0 Å². The summed E-state index contributed by atoms with van der Waals surface area (Å²) in [5, 5.41) is 1.85. The molecule has 60 valence electrons. The number of carbonyl (C=O) groups is 1. The van der Waals surface area contributed by atoms with Crippen molar-refractivity contribution >= 4 is 12.0 Å². The van der Waals surface area contributed by atoms with Crippen molar-refractivity contribution in [3.8, 4) is 0 Å². The highest BCUT2D eigenvalue weighted by Crippen LogP contribution is 2.00. The van der Waals surface area contributed by atoms with E-state index >= 15 is 0 Å². The first kappa shape index (κ1) is 7.22. The maximum atomic E-state index is 11.2. The van der Waals surface area contributed by atoms with E-state index < -0.39 is 0 Å². The molecule has 0 saturated carbocycles. The van der Waals surface area contributed by atoms with Crippen molar-refractivity contribution in [3.05, 3.63) is 34.8 Å². The largest absolute Gasteiger partial charge is 0.272 e. The average Bonchev–Trinajstić information content (AvgIpc) is 2.07. The van der Waals surface area contributed by atoms with Crippen LogP contribution in [0.5, 0.6) is 0 Å². The topological polar surface area (TPSA) is 29.4 Å². The first-order valence-corrected chi connectivity index (χ1v) is 3.97. The monoisotopic (exact) mass is 159 g/mol. The van der Waals surface area contributed by atoms with E-state index in [4.69, 9.17) is 0 Å². The van der Waals surface area contributed by atoms with Gasteiger partial charge in [-0.25, -0.2) is 4.99 Å². The molecule has 0 aromatic heterocycles. The van der Waals surface area contributed by atoms with Crippen LogP contribution >= 0.6 is 0 Å². The fraction of sp³-hybridized carbons (Fsp3) is 0.200. The molecule has 12 heavy (non-hydrogen) atoms. The van der Waals surface area contributed by atoms with Crippen LogP contribution in [-0.4, -0.2) is 5.91 Å². The van der Waals surface area contributed by atoms with Crippen LogP contribution in [0.3, 0.4) is 0 Å². The normalized spacial score (nSPS) is 20.8. The van der Waals surface area contributed by atoms with Crippen LogP contribution in [0.4, 0.5) is 0 Å². The molecule has 1 aromatic carbocycles. The Hall–Kier alpha value is -1.44. The Morgan fingerprint density at radius 2 is 2.08 bits per heavy atom. The first-order chi connectivity index (χ1) is 5.77. The minimum Gasteiger partial charge on any atom is -0.272 e. The molecule has 2 rings (SSSR count). The summed E-state index contributed by atoms with van der Waals surface area (Å²) >= 11 is 0. The third-order valence-electron chi connectivity index (χ3n) is 1.99. The fourth-order valence-corrected chi connectivity index (χ4v) is 1.29. The Morgan fingerprint density at radius 3 is 2.92 bits per heavy atom. The summed E-state index contributed by atoms with van der Waals surface area (Å²) in [5.74, 6) is -0.117. The highest BCUT2D eigenvalue weighted by Gasteiger charge is 2.11. The molecule has 2 nitrogen and oxygen atoms in total. The quantitative estimate of drug-likeness (QED) is 0.534. The Bertz CT molecular complexity index is 433. The zero-order chi connectivity index (χ0) is 8.55. The molecule has 0 spiro atoms. The maximum absolute atomic E-state index is 11.2. The zero-order valence-corrected chi connectivity index (χ0v) is 6.82. The number of amides is 1. The molecular formula is C10H9NO. The third-order valence-corrected chi connectivity index (χ3v) is 1.99. The molecular weight excluding hydrogens is 150 g/mol. The van der Waals surface area contributed by atoms with Gasteiger partial charge < -0.3 is 0 Å². The number of hydrogen-bond acceptors (Lipinski definition) is 1. The van der Waals surface area contributed by atoms with E-state index in [2.05, 4.69) is 4.99 Å². The van der Waals surface area contributed by atoms with Crippen LogP contribution in [0.1, 0.15) is 6.92 Å². The summed E-state index contributed by atoms with van der Waals surface area (Å²) in [6.07, 6.45) is 1.95. The summed E-state index contributed by atoms with van der Waals surface area (Å²) in [4.78, 5) is 15.1. The predicted octanol–water partition coefficient (Wildman–Crippen LogP) is 0.263. The van der Waals surface area contributed by atoms with Gasteiger partial charge in [-0.2, -0.15) is 0 Å². The molecule has 1 atom stereocenters. The molecule has 1 aliphatic heterocycles. The van der Waals surface area contributed by atoms with Gasteiger partial charge >= 0.3 is 0 Å². The number of carbonyl (C=O) groups excluding carboxylic acids is 1. The second kappa shape index (κ2) is 2.55. The second-order valence-electron chi connectivity index (χ2n) is 2.96. The van der Waals surface area contributed by atoms with Gasteiger partial charge in [0.15, 0.2) is 0 Å². The van der Waals surface area contributed by atoms with Gasteiger partial charge in [0.25, 0.3) is 5.91 Å². The van der Waals surface area contributed by atoms with Gasteiger partial charge in [0.2, 0.25) is 0 Å². The molecule has 0 N–H and O–H groups in total. The highest BCUT2D eigenvalue weighted by atomic mass is 16.1. The van der Waals surface area contributed by atoms with Crippen LogP contribution < -0.4 is 10.6 Å². The van der Waals surface area contributed by atoms with Gasteiger partial charge in [0.05, 0.1) is 11.3 Å². The van der Waals surface area contributed by atoms with Crippen LogP contribution in [0.15, 0.2) is 29.3 Å². The Balaban J connectivity index is 2.79. The second-order valence-corrected chi connectivity index (χ2v) is 2.96. The van der Waals surface area contributed by atoms with Crippen molar-refractivity contribution < 1.29 is 4.79 Å². The van der Waals surface area contributed by atoms with Crippen molar-refractivity contribution in [2.75, 3.05) is 0 Å². The summed E-state index contributed by atoms with van der Waals surface area (Å²) in [7, 11) is 0. The molecule has 0 aliphatic carbocycles. The Kier molecular flexibility index (Phi) is 1.54. The molecule has 1 heterocycles. The lowest BCUT2D eigenvalue weighted by atomic mass is 10.1. The molecule has 1 amide bonds. The average molecular weight is 159 g/mol. The van der Waals surface area contributed by atoms with Crippen LogP contribution in [-0.2, 0) is 4.79 Å². The van der Waals surface area contributed by atoms with Crippen molar-refractivity contribution in [2.24, 2.45) is 10.9 Å². The number of nitrogens with zero attached hydrogens (tertiary/aromatic N) is 1. The summed E-state index contributed by atoms with van der Waals surface area (Å²) in [6, 6.07) is 7.67. The Morgan fingerprint density at radius 1 is 1.33 bits per heavy atom. The SMILES string of the molecule is C[C@@H]1C=c2ccccc2=NC1=O. The molecule has 1 aliphatic rings. The number of fused-ring (bicyclic) bond motifs is 1. The van der Waals surface area contributed by atoms with E-state index in [1.807, 2.05) is 37.3 Å². The third kappa shape index (κ3) is 1.05. The molecule has 1 aromatic rings. The van der Waals surface area contributed by atoms with Crippen LogP contribution in [0, 0.1) is 5.92 Å². The summed E-state index contributed by atoms with van der Waals surface area (Å²) in [6.45, 7) is 1.86. The molecule has 0 radical (unpaired) electrons. The minimum atomic E-state index is -0.0695. The van der Waals surface area contributed by atoms with E-state index in [0.717, 1.165) is 10.6 Å². The smallest absolute Gasteiger partial charge is 0.252 e. The van der Waals surface area contributed by atoms with Gasteiger partial charge in [0.1, 0.15) is 0 Å². The van der Waals surface area contributed by atoms with Crippen molar-refractivity contribution in [1.82, 2.24) is 0 Å². The lowest BCUT2D eigenvalue weighted by Gasteiger charge is -2.04. The van der Waals surface area contributed by atoms with Gasteiger partial charge in [0, 0.05) is 0 Å². The predicted molar refractivity (Wildman–Crippen MR) is 45.9 cm³/mol. The molecule has 0 fully saturated rings. The molecule has 0 bridgehead atoms. The van der Waals surface area contributed by atoms with Crippen molar-refractivity contribution in [2.45, 2.75) is 6.92 Å². The van der Waals surface area contributed by atoms with Crippen molar-refractivity contribution in [3.63, 3.8) is 0 Å². The number of hydrogen-bond donors (Lipinski definition) is 0. The van der Waals surface area contributed by atoms with Gasteiger partial charge in [-0.05, 0) is 18.2 Å². The number of para-hydroxylation sites is 1. The van der Waals surface area contributed by atoms with Crippen LogP contribution in [0.25, 0.3) is 6.08 Å². The Labute approximate surface area is 70.3 Å². The maximum Gasteiger partial charge on any atom is 0.252 e. The van der Waals surface area contributed by atoms with Crippen LogP contribution in [0.2, 0.25) is 0 Å². The lowest BCUT2D eigenvalue weighted by molar-refractivity contribution is -0.119. The summed E-state index contributed by atoms with van der Waals surface area (Å²) < 4.78 is 0. The molecule has 2 heteroatoms. The number of benzene rings is 1. The van der Waals surface area contributed by atoms with Gasteiger partial charge in [-0.1, -0.05) is 24.3 Å². The fourth-order valence-electron chi connectivity index (χ4n) is 1.29. The molecule has 0 saturated heterocycles. The zero-order valence-electron chi connectivity index (χ0n) is 6.82. The summed E-state index contributed by atoms with van der Waals surface area (Å²) in [5.41, 5.74) is 0. The minimum absolute atomic E-state index is 0.0475. The van der Waals surface area contributed by atoms with E-state index in [1.54, 1.807) is 0 Å².